The lowest BCUT2D eigenvalue weighted by atomic mass is 10.1. The van der Waals surface area contributed by atoms with E-state index >= 15 is 0 Å². The molecular weight excluding hydrogens is 304 g/mol. The van der Waals surface area contributed by atoms with Gasteiger partial charge in [0.1, 0.15) is 0 Å². The van der Waals surface area contributed by atoms with Crippen LogP contribution in [0.1, 0.15) is 32.1 Å². The first-order valence-electron chi connectivity index (χ1n) is 8.74. The van der Waals surface area contributed by atoms with Crippen LogP contribution in [-0.4, -0.2) is 40.0 Å². The van der Waals surface area contributed by atoms with Crippen molar-refractivity contribution in [2.45, 2.75) is 44.2 Å². The van der Waals surface area contributed by atoms with E-state index in [1.54, 1.807) is 18.5 Å². The Morgan fingerprint density at radius 1 is 1.17 bits per heavy atom. The van der Waals surface area contributed by atoms with Gasteiger partial charge in [0.25, 0.3) is 5.69 Å². The first-order valence-corrected chi connectivity index (χ1v) is 8.74. The number of nitrogens with zero attached hydrogens (tertiary/aromatic N) is 3. The van der Waals surface area contributed by atoms with Crippen LogP contribution in [0.15, 0.2) is 30.6 Å². The molecular formula is C18H22N4O2. The lowest BCUT2D eigenvalue weighted by Crippen LogP contribution is -2.33. The number of nitro groups is 1. The summed E-state index contributed by atoms with van der Waals surface area (Å²) in [4.78, 5) is 17.5. The van der Waals surface area contributed by atoms with Gasteiger partial charge >= 0.3 is 0 Å². The number of anilines is 1. The molecule has 1 unspecified atom stereocenters. The van der Waals surface area contributed by atoms with E-state index in [2.05, 4.69) is 15.2 Å². The van der Waals surface area contributed by atoms with E-state index in [1.807, 2.05) is 12.1 Å². The van der Waals surface area contributed by atoms with E-state index in [-0.39, 0.29) is 10.6 Å². The van der Waals surface area contributed by atoms with E-state index in [1.165, 1.54) is 25.7 Å². The number of rotatable bonds is 4. The van der Waals surface area contributed by atoms with Gasteiger partial charge in [-0.05, 0) is 31.4 Å². The Morgan fingerprint density at radius 3 is 2.79 bits per heavy atom. The topological polar surface area (TPSA) is 71.3 Å². The highest BCUT2D eigenvalue weighted by Gasteiger charge is 2.30. The molecule has 1 saturated heterocycles. The average Bonchev–Trinajstić information content (AvgIpc) is 3.26. The van der Waals surface area contributed by atoms with Crippen molar-refractivity contribution in [3.63, 3.8) is 0 Å². The highest BCUT2D eigenvalue weighted by atomic mass is 16.6. The molecule has 2 fully saturated rings. The normalized spacial score (nSPS) is 22.2. The van der Waals surface area contributed by atoms with Gasteiger partial charge in [-0.15, -0.1) is 0 Å². The molecule has 0 amide bonds. The summed E-state index contributed by atoms with van der Waals surface area (Å²) in [5, 5.41) is 16.3. The third-order valence-electron chi connectivity index (χ3n) is 5.41. The number of nitro benzene ring substituents is 1. The Balaban J connectivity index is 1.55. The molecule has 1 aliphatic carbocycles. The number of fused-ring (bicyclic) bond motifs is 1. The molecule has 0 bridgehead atoms. The molecule has 0 spiro atoms. The van der Waals surface area contributed by atoms with Crippen LogP contribution in [0.3, 0.4) is 0 Å². The van der Waals surface area contributed by atoms with Crippen LogP contribution in [0.5, 0.6) is 0 Å². The number of likely N-dealkylation sites (tertiary alicyclic amines) is 1. The molecule has 1 aromatic carbocycles. The van der Waals surface area contributed by atoms with Crippen LogP contribution >= 0.6 is 0 Å². The zero-order valence-electron chi connectivity index (χ0n) is 13.6. The van der Waals surface area contributed by atoms with Crippen LogP contribution in [0.25, 0.3) is 10.8 Å². The standard InChI is InChI=1S/C18H22N4O2/c23-22(24)18-6-5-17(15-7-9-19-11-16(15)18)20-13-8-10-21(12-13)14-3-1-2-4-14/h5-7,9,11,13-14,20H,1-4,8,10,12H2. The summed E-state index contributed by atoms with van der Waals surface area (Å²) in [7, 11) is 0. The Morgan fingerprint density at radius 2 is 2.00 bits per heavy atom. The lowest BCUT2D eigenvalue weighted by Gasteiger charge is -2.24. The van der Waals surface area contributed by atoms with Gasteiger partial charge in [-0.25, -0.2) is 0 Å². The molecule has 2 aromatic rings. The maximum Gasteiger partial charge on any atom is 0.278 e. The Kier molecular flexibility index (Phi) is 4.06. The molecule has 1 aliphatic heterocycles. The summed E-state index contributed by atoms with van der Waals surface area (Å²) in [6.45, 7) is 2.21. The quantitative estimate of drug-likeness (QED) is 0.687. The van der Waals surface area contributed by atoms with Crippen molar-refractivity contribution in [2.75, 3.05) is 18.4 Å². The minimum absolute atomic E-state index is 0.114. The maximum atomic E-state index is 11.2. The Bertz CT molecular complexity index is 758. The van der Waals surface area contributed by atoms with Crippen molar-refractivity contribution in [3.05, 3.63) is 40.7 Å². The molecule has 24 heavy (non-hydrogen) atoms. The van der Waals surface area contributed by atoms with Crippen LogP contribution < -0.4 is 5.32 Å². The van der Waals surface area contributed by atoms with Crippen molar-refractivity contribution in [3.8, 4) is 0 Å². The number of hydrogen-bond acceptors (Lipinski definition) is 5. The first-order chi connectivity index (χ1) is 11.7. The number of hydrogen-bond donors (Lipinski definition) is 1. The molecule has 1 aromatic heterocycles. The number of benzene rings is 1. The van der Waals surface area contributed by atoms with Gasteiger partial charge in [0.05, 0.1) is 10.3 Å². The molecule has 126 valence electrons. The van der Waals surface area contributed by atoms with Crippen molar-refractivity contribution >= 4 is 22.1 Å². The summed E-state index contributed by atoms with van der Waals surface area (Å²) in [5.41, 5.74) is 1.08. The first kappa shape index (κ1) is 15.3. The second kappa shape index (κ2) is 6.36. The van der Waals surface area contributed by atoms with Crippen molar-refractivity contribution < 1.29 is 4.92 Å². The Labute approximate surface area is 141 Å². The zero-order chi connectivity index (χ0) is 16.5. The fourth-order valence-electron chi connectivity index (χ4n) is 4.19. The van der Waals surface area contributed by atoms with Gasteiger partial charge in [-0.1, -0.05) is 12.8 Å². The van der Waals surface area contributed by atoms with E-state index < -0.39 is 0 Å². The lowest BCUT2D eigenvalue weighted by molar-refractivity contribution is -0.383. The predicted molar refractivity (Wildman–Crippen MR) is 94.3 cm³/mol. The molecule has 2 aliphatic rings. The van der Waals surface area contributed by atoms with Gasteiger partial charge in [-0.2, -0.15) is 0 Å². The summed E-state index contributed by atoms with van der Waals surface area (Å²) < 4.78 is 0. The van der Waals surface area contributed by atoms with Crippen molar-refractivity contribution in [2.24, 2.45) is 0 Å². The van der Waals surface area contributed by atoms with Crippen LogP contribution in [0.4, 0.5) is 11.4 Å². The number of non-ortho nitro benzene ring substituents is 1. The van der Waals surface area contributed by atoms with Gasteiger partial charge in [-0.3, -0.25) is 20.0 Å². The fourth-order valence-corrected chi connectivity index (χ4v) is 4.19. The maximum absolute atomic E-state index is 11.2. The minimum Gasteiger partial charge on any atom is -0.380 e. The van der Waals surface area contributed by atoms with Crippen molar-refractivity contribution in [1.82, 2.24) is 9.88 Å². The molecule has 0 radical (unpaired) electrons. The molecule has 1 saturated carbocycles. The van der Waals surface area contributed by atoms with Gasteiger partial charge in [0.15, 0.2) is 0 Å². The van der Waals surface area contributed by atoms with Gasteiger partial charge < -0.3 is 5.32 Å². The summed E-state index contributed by atoms with van der Waals surface area (Å²) in [6.07, 6.45) is 9.78. The van der Waals surface area contributed by atoms with E-state index in [0.29, 0.717) is 11.4 Å². The average molecular weight is 326 g/mol. The predicted octanol–water partition coefficient (Wildman–Crippen LogP) is 3.57. The van der Waals surface area contributed by atoms with Crippen LogP contribution in [0.2, 0.25) is 0 Å². The second-order valence-corrected chi connectivity index (χ2v) is 6.87. The molecule has 6 nitrogen and oxygen atoms in total. The third kappa shape index (κ3) is 2.82. The molecule has 1 atom stereocenters. The number of aromatic nitrogens is 1. The fraction of sp³-hybridized carbons (Fsp3) is 0.500. The number of nitrogens with one attached hydrogen (secondary N) is 1. The smallest absolute Gasteiger partial charge is 0.278 e. The number of pyridine rings is 1. The Hall–Kier alpha value is -2.21. The van der Waals surface area contributed by atoms with Gasteiger partial charge in [0.2, 0.25) is 0 Å². The monoisotopic (exact) mass is 326 g/mol. The molecule has 2 heterocycles. The highest BCUT2D eigenvalue weighted by molar-refractivity contribution is 5.99. The summed E-state index contributed by atoms with van der Waals surface area (Å²) in [5.74, 6) is 0. The highest BCUT2D eigenvalue weighted by Crippen LogP contribution is 2.32. The largest absolute Gasteiger partial charge is 0.380 e. The van der Waals surface area contributed by atoms with Crippen LogP contribution in [-0.2, 0) is 0 Å². The van der Waals surface area contributed by atoms with Crippen molar-refractivity contribution in [1.29, 1.82) is 0 Å². The van der Waals surface area contributed by atoms with E-state index in [0.717, 1.165) is 36.6 Å². The molecule has 6 heteroatoms. The zero-order valence-corrected chi connectivity index (χ0v) is 13.6. The second-order valence-electron chi connectivity index (χ2n) is 6.87. The molecule has 1 N–H and O–H groups in total. The van der Waals surface area contributed by atoms with Crippen LogP contribution in [0, 0.1) is 10.1 Å². The summed E-state index contributed by atoms with van der Waals surface area (Å²) in [6, 6.07) is 6.43. The summed E-state index contributed by atoms with van der Waals surface area (Å²) >= 11 is 0. The SMILES string of the molecule is O=[N+]([O-])c1ccc(NC2CCN(C3CCCC3)C2)c2ccncc12. The van der Waals surface area contributed by atoms with Gasteiger partial charge in [0, 0.05) is 54.7 Å². The third-order valence-corrected chi connectivity index (χ3v) is 5.41. The molecule has 4 rings (SSSR count). The van der Waals surface area contributed by atoms with E-state index in [4.69, 9.17) is 0 Å². The van der Waals surface area contributed by atoms with E-state index in [9.17, 15) is 10.1 Å². The minimum atomic E-state index is -0.342.